The second-order valence-corrected chi connectivity index (χ2v) is 4.78. The van der Waals surface area contributed by atoms with Gasteiger partial charge in [-0.1, -0.05) is 18.9 Å². The molecule has 18 heavy (non-hydrogen) atoms. The average Bonchev–Trinajstić information content (AvgIpc) is 2.63. The van der Waals surface area contributed by atoms with Crippen LogP contribution in [-0.2, 0) is 6.42 Å². The number of rotatable bonds is 6. The molecule has 2 rings (SSSR count). The molecule has 0 saturated carbocycles. The van der Waals surface area contributed by atoms with Crippen LogP contribution in [0.15, 0.2) is 18.2 Å². The Balaban J connectivity index is 1.84. The van der Waals surface area contributed by atoms with E-state index >= 15 is 0 Å². The van der Waals surface area contributed by atoms with Crippen LogP contribution in [-0.4, -0.2) is 19.8 Å². The Hall–Kier alpha value is -1.22. The maximum atomic E-state index is 5.69. The highest BCUT2D eigenvalue weighted by molar-refractivity contribution is 5.43. The largest absolute Gasteiger partial charge is 0.490 e. The quantitative estimate of drug-likeness (QED) is 0.788. The normalized spacial score (nSPS) is 14.3. The molecule has 100 valence electrons. The van der Waals surface area contributed by atoms with E-state index in [4.69, 9.17) is 15.2 Å². The van der Waals surface area contributed by atoms with Crippen molar-refractivity contribution in [3.63, 3.8) is 0 Å². The summed E-state index contributed by atoms with van der Waals surface area (Å²) in [4.78, 5) is 0. The topological polar surface area (TPSA) is 44.5 Å². The molecule has 3 heteroatoms. The number of hydrogen-bond donors (Lipinski definition) is 1. The smallest absolute Gasteiger partial charge is 0.161 e. The molecule has 0 unspecified atom stereocenters. The van der Waals surface area contributed by atoms with Crippen LogP contribution in [0.5, 0.6) is 11.5 Å². The third kappa shape index (κ3) is 3.91. The second kappa shape index (κ2) is 7.27. The van der Waals surface area contributed by atoms with Crippen molar-refractivity contribution in [3.05, 3.63) is 23.8 Å². The Kier molecular flexibility index (Phi) is 5.34. The molecular formula is C15H23NO2. The van der Waals surface area contributed by atoms with Gasteiger partial charge in [-0.2, -0.15) is 0 Å². The molecule has 3 nitrogen and oxygen atoms in total. The molecule has 2 N–H and O–H groups in total. The lowest BCUT2D eigenvalue weighted by atomic mass is 10.1. The number of benzene rings is 1. The van der Waals surface area contributed by atoms with Gasteiger partial charge in [0.2, 0.25) is 0 Å². The summed E-state index contributed by atoms with van der Waals surface area (Å²) in [7, 11) is 0. The molecule has 1 aromatic rings. The van der Waals surface area contributed by atoms with Gasteiger partial charge in [0.25, 0.3) is 0 Å². The summed E-state index contributed by atoms with van der Waals surface area (Å²) in [6, 6.07) is 6.32. The zero-order valence-electron chi connectivity index (χ0n) is 11.0. The van der Waals surface area contributed by atoms with Gasteiger partial charge in [-0.25, -0.2) is 0 Å². The van der Waals surface area contributed by atoms with Gasteiger partial charge in [-0.15, -0.1) is 0 Å². The fraction of sp³-hybridized carbons (Fsp3) is 0.600. The molecule has 0 amide bonds. The van der Waals surface area contributed by atoms with E-state index in [0.717, 1.165) is 50.5 Å². The van der Waals surface area contributed by atoms with Crippen molar-refractivity contribution < 1.29 is 9.47 Å². The molecule has 0 saturated heterocycles. The summed E-state index contributed by atoms with van der Waals surface area (Å²) in [5.74, 6) is 1.80. The van der Waals surface area contributed by atoms with Crippen molar-refractivity contribution in [3.8, 4) is 11.5 Å². The maximum absolute atomic E-state index is 5.69. The number of aryl methyl sites for hydroxylation is 1. The predicted octanol–water partition coefficient (Wildman–Crippen LogP) is 2.91. The summed E-state index contributed by atoms with van der Waals surface area (Å²) in [6.07, 6.45) is 6.93. The number of fused-ring (bicyclic) bond motifs is 1. The fourth-order valence-electron chi connectivity index (χ4n) is 2.19. The summed E-state index contributed by atoms with van der Waals surface area (Å²) in [5, 5.41) is 0. The number of unbranched alkanes of at least 4 members (excludes halogenated alkanes) is 3. The van der Waals surface area contributed by atoms with E-state index in [-0.39, 0.29) is 0 Å². The summed E-state index contributed by atoms with van der Waals surface area (Å²) >= 11 is 0. The van der Waals surface area contributed by atoms with Gasteiger partial charge in [0.05, 0.1) is 13.2 Å². The van der Waals surface area contributed by atoms with Crippen LogP contribution in [0.25, 0.3) is 0 Å². The van der Waals surface area contributed by atoms with Crippen LogP contribution in [0.1, 0.15) is 37.7 Å². The van der Waals surface area contributed by atoms with E-state index in [0.29, 0.717) is 0 Å². The molecule has 0 aromatic heterocycles. The highest BCUT2D eigenvalue weighted by Crippen LogP contribution is 2.30. The first-order valence-corrected chi connectivity index (χ1v) is 6.99. The zero-order chi connectivity index (χ0) is 12.6. The van der Waals surface area contributed by atoms with E-state index in [2.05, 4.69) is 12.1 Å². The summed E-state index contributed by atoms with van der Waals surface area (Å²) in [5.41, 5.74) is 6.82. The first-order valence-electron chi connectivity index (χ1n) is 6.99. The highest BCUT2D eigenvalue weighted by Gasteiger charge is 2.10. The fourth-order valence-corrected chi connectivity index (χ4v) is 2.19. The van der Waals surface area contributed by atoms with Crippen LogP contribution < -0.4 is 15.2 Å². The number of nitrogens with two attached hydrogens (primary N) is 1. The molecule has 1 heterocycles. The Morgan fingerprint density at radius 1 is 0.944 bits per heavy atom. The molecule has 1 aliphatic heterocycles. The molecule has 0 atom stereocenters. The van der Waals surface area contributed by atoms with Gasteiger partial charge in [0.1, 0.15) is 0 Å². The van der Waals surface area contributed by atoms with Crippen molar-refractivity contribution in [2.45, 2.75) is 38.5 Å². The zero-order valence-corrected chi connectivity index (χ0v) is 11.0. The summed E-state index contributed by atoms with van der Waals surface area (Å²) in [6.45, 7) is 2.32. The second-order valence-electron chi connectivity index (χ2n) is 4.78. The van der Waals surface area contributed by atoms with Gasteiger partial charge < -0.3 is 15.2 Å². The first kappa shape index (κ1) is 13.2. The number of hydrogen-bond acceptors (Lipinski definition) is 3. The van der Waals surface area contributed by atoms with E-state index in [1.807, 2.05) is 6.07 Å². The van der Waals surface area contributed by atoms with Crippen molar-refractivity contribution in [2.24, 2.45) is 5.73 Å². The minimum atomic E-state index is 0.755. The standard InChI is InChI=1S/C15H23NO2/c16-9-4-2-1-3-6-13-7-8-14-15(12-13)18-11-5-10-17-14/h7-8,12H,1-6,9-11,16H2. The Bertz CT molecular complexity index is 366. The van der Waals surface area contributed by atoms with Gasteiger partial charge >= 0.3 is 0 Å². The van der Waals surface area contributed by atoms with Crippen molar-refractivity contribution in [1.29, 1.82) is 0 Å². The lowest BCUT2D eigenvalue weighted by Gasteiger charge is -2.09. The predicted molar refractivity (Wildman–Crippen MR) is 73.3 cm³/mol. The maximum Gasteiger partial charge on any atom is 0.161 e. The van der Waals surface area contributed by atoms with Gasteiger partial charge in [-0.05, 0) is 43.5 Å². The van der Waals surface area contributed by atoms with E-state index in [1.165, 1.54) is 24.8 Å². The Morgan fingerprint density at radius 3 is 2.56 bits per heavy atom. The van der Waals surface area contributed by atoms with Crippen molar-refractivity contribution >= 4 is 0 Å². The minimum Gasteiger partial charge on any atom is -0.490 e. The van der Waals surface area contributed by atoms with Crippen molar-refractivity contribution in [2.75, 3.05) is 19.8 Å². The van der Waals surface area contributed by atoms with E-state index in [1.54, 1.807) is 0 Å². The van der Waals surface area contributed by atoms with Crippen LogP contribution >= 0.6 is 0 Å². The van der Waals surface area contributed by atoms with Crippen LogP contribution in [0.4, 0.5) is 0 Å². The average molecular weight is 249 g/mol. The molecule has 0 aliphatic carbocycles. The molecule has 0 bridgehead atoms. The third-order valence-electron chi connectivity index (χ3n) is 3.23. The third-order valence-corrected chi connectivity index (χ3v) is 3.23. The Morgan fingerprint density at radius 2 is 1.72 bits per heavy atom. The summed E-state index contributed by atoms with van der Waals surface area (Å²) < 4.78 is 11.3. The van der Waals surface area contributed by atoms with Crippen molar-refractivity contribution in [1.82, 2.24) is 0 Å². The van der Waals surface area contributed by atoms with Crippen LogP contribution in [0, 0.1) is 0 Å². The van der Waals surface area contributed by atoms with E-state index in [9.17, 15) is 0 Å². The molecule has 0 radical (unpaired) electrons. The SMILES string of the molecule is NCCCCCCc1ccc2c(c1)OCCCO2. The van der Waals surface area contributed by atoms with Gasteiger partial charge in [0.15, 0.2) is 11.5 Å². The van der Waals surface area contributed by atoms with Crippen LogP contribution in [0.2, 0.25) is 0 Å². The minimum absolute atomic E-state index is 0.755. The van der Waals surface area contributed by atoms with E-state index < -0.39 is 0 Å². The highest BCUT2D eigenvalue weighted by atomic mass is 16.5. The Labute approximate surface area is 109 Å². The monoisotopic (exact) mass is 249 g/mol. The lowest BCUT2D eigenvalue weighted by Crippen LogP contribution is -1.98. The molecule has 1 aliphatic rings. The molecule has 0 spiro atoms. The van der Waals surface area contributed by atoms with Crippen LogP contribution in [0.3, 0.4) is 0 Å². The molecular weight excluding hydrogens is 226 g/mol. The lowest BCUT2D eigenvalue weighted by molar-refractivity contribution is 0.297. The molecule has 0 fully saturated rings. The first-order chi connectivity index (χ1) is 8.90. The molecule has 1 aromatic carbocycles. The van der Waals surface area contributed by atoms with Gasteiger partial charge in [-0.3, -0.25) is 0 Å². The number of ether oxygens (including phenoxy) is 2. The van der Waals surface area contributed by atoms with Gasteiger partial charge in [0, 0.05) is 6.42 Å².